The Balaban J connectivity index is 1.29. The third-order valence-electron chi connectivity index (χ3n) is 5.31. The van der Waals surface area contributed by atoms with Gasteiger partial charge in [0.1, 0.15) is 0 Å². The van der Waals surface area contributed by atoms with E-state index in [0.29, 0.717) is 35.9 Å². The maximum absolute atomic E-state index is 12.2. The number of nitrogens with one attached hydrogen (secondary N) is 2. The molecule has 7 nitrogen and oxygen atoms in total. The van der Waals surface area contributed by atoms with Crippen LogP contribution in [-0.2, 0) is 6.42 Å². The highest BCUT2D eigenvalue weighted by atomic mass is 16.7. The van der Waals surface area contributed by atoms with Crippen molar-refractivity contribution in [1.29, 1.82) is 0 Å². The van der Waals surface area contributed by atoms with Gasteiger partial charge in [-0.1, -0.05) is 6.07 Å². The van der Waals surface area contributed by atoms with E-state index in [1.54, 1.807) is 14.2 Å². The third kappa shape index (κ3) is 4.18. The molecule has 0 radical (unpaired) electrons. The molecule has 0 bridgehead atoms. The van der Waals surface area contributed by atoms with Crippen LogP contribution in [0, 0.1) is 0 Å². The number of rotatable bonds is 6. The average Bonchev–Trinajstić information content (AvgIpc) is 3.33. The first-order chi connectivity index (χ1) is 14.1. The van der Waals surface area contributed by atoms with Crippen LogP contribution in [0.5, 0.6) is 23.0 Å². The number of ether oxygens (including phenoxy) is 4. The van der Waals surface area contributed by atoms with Crippen LogP contribution in [0.25, 0.3) is 0 Å². The molecule has 154 valence electrons. The monoisotopic (exact) mass is 398 g/mol. The summed E-state index contributed by atoms with van der Waals surface area (Å²) in [7, 11) is 3.21. The molecule has 1 fully saturated rings. The molecule has 2 aromatic carbocycles. The topological polar surface area (TPSA) is 78.1 Å². The van der Waals surface area contributed by atoms with Crippen molar-refractivity contribution in [3.8, 4) is 23.0 Å². The van der Waals surface area contributed by atoms with Gasteiger partial charge in [-0.05, 0) is 49.1 Å². The van der Waals surface area contributed by atoms with Gasteiger partial charge in [-0.15, -0.1) is 0 Å². The fourth-order valence-electron chi connectivity index (χ4n) is 3.82. The number of carbonyl (C=O) groups is 1. The van der Waals surface area contributed by atoms with Gasteiger partial charge in [0, 0.05) is 31.1 Å². The molecule has 1 saturated carbocycles. The van der Waals surface area contributed by atoms with Crippen LogP contribution in [0.1, 0.15) is 31.2 Å². The summed E-state index contributed by atoms with van der Waals surface area (Å²) in [4.78, 5) is 12.2. The number of hydrogen-bond donors (Lipinski definition) is 2. The molecule has 1 aliphatic carbocycles. The molecule has 29 heavy (non-hydrogen) atoms. The number of methoxy groups -OCH3 is 2. The quantitative estimate of drug-likeness (QED) is 0.766. The molecule has 2 N–H and O–H groups in total. The van der Waals surface area contributed by atoms with E-state index in [0.717, 1.165) is 37.0 Å². The van der Waals surface area contributed by atoms with Gasteiger partial charge in [0.25, 0.3) is 5.79 Å². The van der Waals surface area contributed by atoms with E-state index in [-0.39, 0.29) is 6.03 Å². The molecule has 4 rings (SSSR count). The van der Waals surface area contributed by atoms with Crippen LogP contribution in [0.4, 0.5) is 10.5 Å². The summed E-state index contributed by atoms with van der Waals surface area (Å²) >= 11 is 0. The first kappa shape index (κ1) is 19.2. The predicted molar refractivity (Wildman–Crippen MR) is 109 cm³/mol. The summed E-state index contributed by atoms with van der Waals surface area (Å²) in [5, 5.41) is 5.72. The fraction of sp³-hybridized carbons (Fsp3) is 0.409. The van der Waals surface area contributed by atoms with Crippen molar-refractivity contribution < 1.29 is 23.7 Å². The zero-order valence-electron chi connectivity index (χ0n) is 16.7. The molecule has 1 aliphatic heterocycles. The van der Waals surface area contributed by atoms with Gasteiger partial charge in [0.2, 0.25) is 0 Å². The van der Waals surface area contributed by atoms with Gasteiger partial charge < -0.3 is 29.6 Å². The van der Waals surface area contributed by atoms with Gasteiger partial charge in [0.05, 0.1) is 14.2 Å². The Morgan fingerprint density at radius 1 is 1.00 bits per heavy atom. The Hall–Kier alpha value is -3.09. The minimum Gasteiger partial charge on any atom is -0.493 e. The Morgan fingerprint density at radius 3 is 2.52 bits per heavy atom. The lowest BCUT2D eigenvalue weighted by molar-refractivity contribution is -0.0716. The zero-order valence-corrected chi connectivity index (χ0v) is 16.7. The second-order valence-electron chi connectivity index (χ2n) is 7.30. The van der Waals surface area contributed by atoms with Crippen molar-refractivity contribution in [3.05, 3.63) is 42.0 Å². The number of urea groups is 1. The van der Waals surface area contributed by atoms with Crippen LogP contribution in [-0.4, -0.2) is 32.6 Å². The standard InChI is InChI=1S/C22H26N2O5/c1-26-17-7-5-15(13-19(17)27-2)9-12-23-21(25)24-16-6-8-18-20(14-16)29-22(28-18)10-3-4-11-22/h5-8,13-14H,3-4,9-12H2,1-2H3,(H2,23,24,25). The maximum atomic E-state index is 12.2. The van der Waals surface area contributed by atoms with Crippen molar-refractivity contribution in [2.45, 2.75) is 37.9 Å². The molecule has 2 aliphatic rings. The molecule has 1 spiro atoms. The molecular weight excluding hydrogens is 372 g/mol. The summed E-state index contributed by atoms with van der Waals surface area (Å²) in [6.07, 6.45) is 4.71. The van der Waals surface area contributed by atoms with E-state index in [4.69, 9.17) is 18.9 Å². The van der Waals surface area contributed by atoms with Gasteiger partial charge in [-0.2, -0.15) is 0 Å². The molecule has 2 aromatic rings. The van der Waals surface area contributed by atoms with Crippen LogP contribution < -0.4 is 29.6 Å². The fourth-order valence-corrected chi connectivity index (χ4v) is 3.82. The summed E-state index contributed by atoms with van der Waals surface area (Å²) in [6.45, 7) is 0.495. The Bertz CT molecular complexity index is 893. The van der Waals surface area contributed by atoms with Crippen LogP contribution in [0.2, 0.25) is 0 Å². The lowest BCUT2D eigenvalue weighted by atomic mass is 10.1. The number of hydrogen-bond acceptors (Lipinski definition) is 5. The highest BCUT2D eigenvalue weighted by molar-refractivity contribution is 5.89. The highest BCUT2D eigenvalue weighted by Crippen LogP contribution is 2.47. The van der Waals surface area contributed by atoms with E-state index >= 15 is 0 Å². The smallest absolute Gasteiger partial charge is 0.319 e. The number of benzene rings is 2. The van der Waals surface area contributed by atoms with E-state index < -0.39 is 5.79 Å². The first-order valence-corrected chi connectivity index (χ1v) is 9.89. The van der Waals surface area contributed by atoms with Crippen LogP contribution in [0.15, 0.2) is 36.4 Å². The van der Waals surface area contributed by atoms with Gasteiger partial charge in [-0.3, -0.25) is 0 Å². The van der Waals surface area contributed by atoms with Crippen molar-refractivity contribution in [1.82, 2.24) is 5.32 Å². The second-order valence-corrected chi connectivity index (χ2v) is 7.30. The van der Waals surface area contributed by atoms with Crippen LogP contribution in [0.3, 0.4) is 0 Å². The zero-order chi connectivity index (χ0) is 20.3. The van der Waals surface area contributed by atoms with E-state index in [9.17, 15) is 4.79 Å². The molecular formula is C22H26N2O5. The molecule has 0 saturated heterocycles. The van der Waals surface area contributed by atoms with Crippen molar-refractivity contribution in [2.24, 2.45) is 0 Å². The first-order valence-electron chi connectivity index (χ1n) is 9.89. The normalized spacial score (nSPS) is 15.9. The third-order valence-corrected chi connectivity index (χ3v) is 5.31. The van der Waals surface area contributed by atoms with E-state index in [1.165, 1.54) is 0 Å². The summed E-state index contributed by atoms with van der Waals surface area (Å²) < 4.78 is 22.6. The van der Waals surface area contributed by atoms with Crippen molar-refractivity contribution in [3.63, 3.8) is 0 Å². The molecule has 2 amide bonds. The minimum absolute atomic E-state index is 0.264. The summed E-state index contributed by atoms with van der Waals surface area (Å²) in [5.41, 5.74) is 1.72. The summed E-state index contributed by atoms with van der Waals surface area (Å²) in [6, 6.07) is 11.0. The van der Waals surface area contributed by atoms with Crippen molar-refractivity contribution >= 4 is 11.7 Å². The summed E-state index contributed by atoms with van der Waals surface area (Å²) in [5.74, 6) is 2.29. The Kier molecular flexibility index (Phi) is 5.38. The second kappa shape index (κ2) is 8.11. The van der Waals surface area contributed by atoms with E-state index in [2.05, 4.69) is 10.6 Å². The Labute approximate surface area is 170 Å². The minimum atomic E-state index is -0.497. The highest BCUT2D eigenvalue weighted by Gasteiger charge is 2.44. The van der Waals surface area contributed by atoms with Crippen molar-refractivity contribution in [2.75, 3.05) is 26.1 Å². The van der Waals surface area contributed by atoms with Gasteiger partial charge >= 0.3 is 6.03 Å². The van der Waals surface area contributed by atoms with E-state index in [1.807, 2.05) is 36.4 Å². The molecule has 0 atom stereocenters. The van der Waals surface area contributed by atoms with Crippen LogP contribution >= 0.6 is 0 Å². The largest absolute Gasteiger partial charge is 0.493 e. The number of fused-ring (bicyclic) bond motifs is 1. The molecule has 7 heteroatoms. The SMILES string of the molecule is COc1ccc(CCNC(=O)Nc2ccc3c(c2)OC2(CCCC2)O3)cc1OC. The number of anilines is 1. The molecule has 0 unspecified atom stereocenters. The predicted octanol–water partition coefficient (Wildman–Crippen LogP) is 4.11. The molecule has 0 aromatic heterocycles. The average molecular weight is 398 g/mol. The van der Waals surface area contributed by atoms with Gasteiger partial charge in [-0.25, -0.2) is 4.79 Å². The molecule has 1 heterocycles. The lowest BCUT2D eigenvalue weighted by Gasteiger charge is -2.21. The maximum Gasteiger partial charge on any atom is 0.319 e. The Morgan fingerprint density at radius 2 is 1.76 bits per heavy atom. The van der Waals surface area contributed by atoms with Gasteiger partial charge in [0.15, 0.2) is 23.0 Å². The lowest BCUT2D eigenvalue weighted by Crippen LogP contribution is -2.34. The number of amides is 2. The number of carbonyl (C=O) groups excluding carboxylic acids is 1.